The molecule has 0 fully saturated rings. The van der Waals surface area contributed by atoms with Gasteiger partial charge in [0.2, 0.25) is 0 Å². The third-order valence-electron chi connectivity index (χ3n) is 1.82. The Labute approximate surface area is 92.4 Å². The minimum atomic E-state index is -0.285. The van der Waals surface area contributed by atoms with Crippen molar-refractivity contribution in [1.82, 2.24) is 15.3 Å². The van der Waals surface area contributed by atoms with Gasteiger partial charge in [-0.2, -0.15) is 0 Å². The predicted octanol–water partition coefficient (Wildman–Crippen LogP) is -0.267. The van der Waals surface area contributed by atoms with E-state index in [0.717, 1.165) is 0 Å². The first-order valence-electron chi connectivity index (χ1n) is 4.74. The average Bonchev–Trinajstić information content (AvgIpc) is 2.35. The second kappa shape index (κ2) is 6.33. The molecule has 0 radical (unpaired) electrons. The highest BCUT2D eigenvalue weighted by molar-refractivity contribution is 5.91. The van der Waals surface area contributed by atoms with Crippen molar-refractivity contribution in [2.75, 3.05) is 6.54 Å². The second-order valence-corrected chi connectivity index (χ2v) is 3.04. The lowest BCUT2D eigenvalue weighted by molar-refractivity contribution is 0.0948. The Morgan fingerprint density at radius 3 is 3.00 bits per heavy atom. The maximum Gasteiger partial charge on any atom is 0.271 e. The Balaban J connectivity index is 2.26. The maximum atomic E-state index is 11.4. The van der Waals surface area contributed by atoms with Crippen molar-refractivity contribution in [3.63, 3.8) is 0 Å². The van der Waals surface area contributed by atoms with Gasteiger partial charge in [-0.3, -0.25) is 9.78 Å². The molecule has 1 heterocycles. The largest absolute Gasteiger partial charge is 0.409 e. The fourth-order valence-electron chi connectivity index (χ4n) is 1.03. The topological polar surface area (TPSA) is 113 Å². The third-order valence-corrected chi connectivity index (χ3v) is 1.82. The zero-order valence-corrected chi connectivity index (χ0v) is 8.63. The van der Waals surface area contributed by atoms with E-state index in [2.05, 4.69) is 20.4 Å². The molecule has 0 atom stereocenters. The number of amides is 1. The van der Waals surface area contributed by atoms with Gasteiger partial charge in [-0.15, -0.1) is 0 Å². The first-order chi connectivity index (χ1) is 7.74. The Morgan fingerprint density at radius 1 is 1.56 bits per heavy atom. The molecule has 1 aromatic heterocycles. The highest BCUT2D eigenvalue weighted by Crippen LogP contribution is 1.91. The monoisotopic (exact) mass is 223 g/mol. The molecule has 1 rings (SSSR count). The molecule has 1 aromatic rings. The van der Waals surface area contributed by atoms with Crippen molar-refractivity contribution in [1.29, 1.82) is 0 Å². The summed E-state index contributed by atoms with van der Waals surface area (Å²) in [5.74, 6) is -0.138. The molecule has 0 aliphatic carbocycles. The van der Waals surface area contributed by atoms with Crippen LogP contribution in [0.15, 0.2) is 23.7 Å². The van der Waals surface area contributed by atoms with Crippen LogP contribution >= 0.6 is 0 Å². The van der Waals surface area contributed by atoms with E-state index in [1.807, 2.05) is 0 Å². The molecule has 0 saturated carbocycles. The molecule has 0 unspecified atom stereocenters. The van der Waals surface area contributed by atoms with Gasteiger partial charge in [-0.1, -0.05) is 5.16 Å². The summed E-state index contributed by atoms with van der Waals surface area (Å²) in [6.45, 7) is 0.436. The van der Waals surface area contributed by atoms with E-state index in [9.17, 15) is 4.79 Å². The number of carbonyl (C=O) groups is 1. The standard InChI is InChI=1S/C9H13N5O2/c10-8(14-16)2-1-3-13-9(15)7-6-11-4-5-12-7/h4-6,16H,1-3H2,(H2,10,14)(H,13,15). The number of aromatic nitrogens is 2. The molecule has 86 valence electrons. The molecular weight excluding hydrogens is 210 g/mol. The van der Waals surface area contributed by atoms with Crippen LogP contribution < -0.4 is 11.1 Å². The van der Waals surface area contributed by atoms with E-state index in [1.54, 1.807) is 0 Å². The van der Waals surface area contributed by atoms with Gasteiger partial charge in [-0.05, 0) is 6.42 Å². The van der Waals surface area contributed by atoms with Crippen molar-refractivity contribution >= 4 is 11.7 Å². The predicted molar refractivity (Wildman–Crippen MR) is 57.0 cm³/mol. The lowest BCUT2D eigenvalue weighted by atomic mass is 10.3. The van der Waals surface area contributed by atoms with Crippen LogP contribution in [0.1, 0.15) is 23.3 Å². The SMILES string of the molecule is NC(CCCNC(=O)c1cnccn1)=NO. The van der Waals surface area contributed by atoms with Crippen LogP contribution in [-0.4, -0.2) is 33.5 Å². The quantitative estimate of drug-likeness (QED) is 0.209. The lowest BCUT2D eigenvalue weighted by Crippen LogP contribution is -2.26. The van der Waals surface area contributed by atoms with E-state index >= 15 is 0 Å². The Hall–Kier alpha value is -2.18. The number of nitrogens with two attached hydrogens (primary N) is 1. The first kappa shape index (κ1) is 11.9. The van der Waals surface area contributed by atoms with Crippen LogP contribution in [0.25, 0.3) is 0 Å². The van der Waals surface area contributed by atoms with Gasteiger partial charge in [0, 0.05) is 25.4 Å². The van der Waals surface area contributed by atoms with Crippen molar-refractivity contribution in [3.05, 3.63) is 24.3 Å². The normalized spacial score (nSPS) is 11.1. The Bertz CT molecular complexity index is 365. The highest BCUT2D eigenvalue weighted by atomic mass is 16.4. The molecule has 1 amide bonds. The zero-order valence-electron chi connectivity index (χ0n) is 8.63. The van der Waals surface area contributed by atoms with Gasteiger partial charge in [-0.25, -0.2) is 4.98 Å². The van der Waals surface area contributed by atoms with E-state index in [1.165, 1.54) is 18.6 Å². The van der Waals surface area contributed by atoms with Gasteiger partial charge in [0.15, 0.2) is 0 Å². The van der Waals surface area contributed by atoms with E-state index in [0.29, 0.717) is 19.4 Å². The number of amidine groups is 1. The molecule has 0 spiro atoms. The third kappa shape index (κ3) is 3.91. The number of oxime groups is 1. The molecule has 0 bridgehead atoms. The first-order valence-corrected chi connectivity index (χ1v) is 4.74. The summed E-state index contributed by atoms with van der Waals surface area (Å²) in [4.78, 5) is 19.1. The molecule has 0 aromatic carbocycles. The van der Waals surface area contributed by atoms with Crippen LogP contribution in [0.5, 0.6) is 0 Å². The van der Waals surface area contributed by atoms with Crippen molar-refractivity contribution in [2.45, 2.75) is 12.8 Å². The number of nitrogens with zero attached hydrogens (tertiary/aromatic N) is 3. The van der Waals surface area contributed by atoms with Crippen LogP contribution in [0.4, 0.5) is 0 Å². The maximum absolute atomic E-state index is 11.4. The van der Waals surface area contributed by atoms with Gasteiger partial charge in [0.25, 0.3) is 5.91 Å². The minimum absolute atomic E-state index is 0.147. The summed E-state index contributed by atoms with van der Waals surface area (Å²) in [5, 5.41) is 13.7. The van der Waals surface area contributed by atoms with Crippen molar-refractivity contribution < 1.29 is 10.0 Å². The smallest absolute Gasteiger partial charge is 0.271 e. The Kier molecular flexibility index (Phi) is 4.71. The van der Waals surface area contributed by atoms with Crippen LogP contribution in [0.2, 0.25) is 0 Å². The fraction of sp³-hybridized carbons (Fsp3) is 0.333. The summed E-state index contributed by atoms with van der Waals surface area (Å²) in [7, 11) is 0. The van der Waals surface area contributed by atoms with Crippen LogP contribution in [0.3, 0.4) is 0 Å². The molecule has 4 N–H and O–H groups in total. The van der Waals surface area contributed by atoms with Crippen molar-refractivity contribution in [3.8, 4) is 0 Å². The molecule has 7 heteroatoms. The zero-order chi connectivity index (χ0) is 11.8. The molecule has 7 nitrogen and oxygen atoms in total. The van der Waals surface area contributed by atoms with Crippen LogP contribution in [0, 0.1) is 0 Å². The number of rotatable bonds is 5. The summed E-state index contributed by atoms with van der Waals surface area (Å²) in [6, 6.07) is 0. The summed E-state index contributed by atoms with van der Waals surface area (Å²) < 4.78 is 0. The second-order valence-electron chi connectivity index (χ2n) is 3.04. The highest BCUT2D eigenvalue weighted by Gasteiger charge is 2.05. The summed E-state index contributed by atoms with van der Waals surface area (Å²) in [5.41, 5.74) is 5.54. The molecule has 16 heavy (non-hydrogen) atoms. The van der Waals surface area contributed by atoms with Crippen LogP contribution in [-0.2, 0) is 0 Å². The van der Waals surface area contributed by atoms with Gasteiger partial charge < -0.3 is 16.3 Å². The van der Waals surface area contributed by atoms with Gasteiger partial charge in [0.1, 0.15) is 11.5 Å². The average molecular weight is 223 g/mol. The molecule has 0 saturated heterocycles. The number of hydrogen-bond donors (Lipinski definition) is 3. The number of nitrogens with one attached hydrogen (secondary N) is 1. The molecule has 0 aliphatic rings. The lowest BCUT2D eigenvalue weighted by Gasteiger charge is -2.03. The molecular formula is C9H13N5O2. The van der Waals surface area contributed by atoms with Gasteiger partial charge >= 0.3 is 0 Å². The Morgan fingerprint density at radius 2 is 2.38 bits per heavy atom. The fourth-order valence-corrected chi connectivity index (χ4v) is 1.03. The van der Waals surface area contributed by atoms with Crippen molar-refractivity contribution in [2.24, 2.45) is 10.9 Å². The number of carbonyl (C=O) groups excluding carboxylic acids is 1. The number of hydrogen-bond acceptors (Lipinski definition) is 5. The van der Waals surface area contributed by atoms with E-state index < -0.39 is 0 Å². The minimum Gasteiger partial charge on any atom is -0.409 e. The summed E-state index contributed by atoms with van der Waals surface area (Å²) in [6.07, 6.45) is 5.36. The van der Waals surface area contributed by atoms with E-state index in [4.69, 9.17) is 10.9 Å². The molecule has 0 aliphatic heterocycles. The summed E-state index contributed by atoms with van der Waals surface area (Å²) >= 11 is 0. The van der Waals surface area contributed by atoms with Gasteiger partial charge in [0.05, 0.1) is 6.20 Å². The van der Waals surface area contributed by atoms with E-state index in [-0.39, 0.29) is 17.4 Å².